The highest BCUT2D eigenvalue weighted by atomic mass is 16.5. The lowest BCUT2D eigenvalue weighted by atomic mass is 10.2. The van der Waals surface area contributed by atoms with Crippen LogP contribution in [0.3, 0.4) is 0 Å². The minimum atomic E-state index is -0.422. The molecule has 84 valence electrons. The third kappa shape index (κ3) is 1.86. The van der Waals surface area contributed by atoms with Crippen molar-refractivity contribution < 1.29 is 9.53 Å². The van der Waals surface area contributed by atoms with E-state index in [1.165, 1.54) is 6.33 Å². The van der Waals surface area contributed by atoms with E-state index in [4.69, 9.17) is 4.74 Å². The van der Waals surface area contributed by atoms with Crippen molar-refractivity contribution in [3.8, 4) is 0 Å². The lowest BCUT2D eigenvalue weighted by molar-refractivity contribution is -0.144. The molecule has 0 aliphatic heterocycles. The van der Waals surface area contributed by atoms with E-state index in [0.717, 1.165) is 0 Å². The van der Waals surface area contributed by atoms with Crippen LogP contribution < -0.4 is 0 Å². The number of hydrogen-bond acceptors (Lipinski definition) is 5. The van der Waals surface area contributed by atoms with Gasteiger partial charge in [-0.25, -0.2) is 15.0 Å². The second kappa shape index (κ2) is 4.26. The lowest BCUT2D eigenvalue weighted by Crippen LogP contribution is -2.14. The predicted molar refractivity (Wildman–Crippen MR) is 56.7 cm³/mol. The summed E-state index contributed by atoms with van der Waals surface area (Å²) < 4.78 is 4.92. The van der Waals surface area contributed by atoms with Crippen molar-refractivity contribution in [1.82, 2.24) is 19.9 Å². The van der Waals surface area contributed by atoms with E-state index in [-0.39, 0.29) is 5.97 Å². The SMILES string of the molecule is CCOC(=O)C(C)c1nc2ncncc2[nH]1. The number of aromatic nitrogens is 4. The topological polar surface area (TPSA) is 80.8 Å². The average Bonchev–Trinajstić information content (AvgIpc) is 2.71. The van der Waals surface area contributed by atoms with Crippen molar-refractivity contribution in [2.45, 2.75) is 19.8 Å². The minimum Gasteiger partial charge on any atom is -0.465 e. The maximum absolute atomic E-state index is 11.5. The smallest absolute Gasteiger partial charge is 0.316 e. The Labute approximate surface area is 92.1 Å². The molecule has 0 aliphatic carbocycles. The fourth-order valence-electron chi connectivity index (χ4n) is 1.36. The number of H-pyrrole nitrogens is 1. The maximum Gasteiger partial charge on any atom is 0.316 e. The molecule has 2 aromatic heterocycles. The van der Waals surface area contributed by atoms with Crippen molar-refractivity contribution in [2.24, 2.45) is 0 Å². The first kappa shape index (κ1) is 10.5. The van der Waals surface area contributed by atoms with Crippen LogP contribution in [0.4, 0.5) is 0 Å². The first-order chi connectivity index (χ1) is 7.72. The van der Waals surface area contributed by atoms with Crippen LogP contribution in [0.2, 0.25) is 0 Å². The molecule has 0 saturated heterocycles. The fraction of sp³-hybridized carbons (Fsp3) is 0.400. The summed E-state index contributed by atoms with van der Waals surface area (Å²) in [5.74, 6) is -0.169. The van der Waals surface area contributed by atoms with Crippen LogP contribution in [0.25, 0.3) is 11.2 Å². The Bertz CT molecular complexity index is 475. The highest BCUT2D eigenvalue weighted by molar-refractivity contribution is 5.78. The number of esters is 1. The molecule has 2 heterocycles. The highest BCUT2D eigenvalue weighted by Crippen LogP contribution is 2.16. The zero-order chi connectivity index (χ0) is 11.5. The number of carbonyl (C=O) groups excluding carboxylic acids is 1. The molecule has 1 unspecified atom stereocenters. The van der Waals surface area contributed by atoms with Crippen molar-refractivity contribution in [3.63, 3.8) is 0 Å². The summed E-state index contributed by atoms with van der Waals surface area (Å²) in [6.07, 6.45) is 3.04. The van der Waals surface area contributed by atoms with E-state index in [2.05, 4.69) is 19.9 Å². The molecule has 1 N–H and O–H groups in total. The quantitative estimate of drug-likeness (QED) is 0.781. The van der Waals surface area contributed by atoms with Crippen LogP contribution in [0.15, 0.2) is 12.5 Å². The predicted octanol–water partition coefficient (Wildman–Crippen LogP) is 1.02. The largest absolute Gasteiger partial charge is 0.465 e. The van der Waals surface area contributed by atoms with Gasteiger partial charge in [0.05, 0.1) is 12.8 Å². The first-order valence-corrected chi connectivity index (χ1v) is 5.04. The minimum absolute atomic E-state index is 0.297. The summed E-state index contributed by atoms with van der Waals surface area (Å²) in [6, 6.07) is 0. The van der Waals surface area contributed by atoms with E-state index in [0.29, 0.717) is 23.6 Å². The normalized spacial score (nSPS) is 12.6. The molecule has 16 heavy (non-hydrogen) atoms. The van der Waals surface area contributed by atoms with E-state index in [9.17, 15) is 4.79 Å². The second-order valence-corrected chi connectivity index (χ2v) is 3.36. The molecular weight excluding hydrogens is 208 g/mol. The molecule has 0 saturated carbocycles. The zero-order valence-electron chi connectivity index (χ0n) is 9.10. The van der Waals surface area contributed by atoms with Crippen molar-refractivity contribution in [2.75, 3.05) is 6.61 Å². The van der Waals surface area contributed by atoms with E-state index in [1.807, 2.05) is 0 Å². The molecule has 2 aromatic rings. The number of hydrogen-bond donors (Lipinski definition) is 1. The Hall–Kier alpha value is -1.98. The summed E-state index contributed by atoms with van der Waals surface area (Å²) in [7, 11) is 0. The van der Waals surface area contributed by atoms with Gasteiger partial charge in [-0.15, -0.1) is 0 Å². The van der Waals surface area contributed by atoms with Crippen molar-refractivity contribution in [3.05, 3.63) is 18.3 Å². The molecule has 0 aromatic carbocycles. The summed E-state index contributed by atoms with van der Waals surface area (Å²) >= 11 is 0. The van der Waals surface area contributed by atoms with Crippen molar-refractivity contribution in [1.29, 1.82) is 0 Å². The average molecular weight is 220 g/mol. The number of nitrogens with zero attached hydrogens (tertiary/aromatic N) is 3. The van der Waals surface area contributed by atoms with Gasteiger partial charge >= 0.3 is 5.97 Å². The van der Waals surface area contributed by atoms with E-state index >= 15 is 0 Å². The van der Waals surface area contributed by atoms with Crippen LogP contribution in [0.5, 0.6) is 0 Å². The molecule has 0 bridgehead atoms. The van der Waals surface area contributed by atoms with Gasteiger partial charge in [-0.1, -0.05) is 0 Å². The van der Waals surface area contributed by atoms with Crippen molar-refractivity contribution >= 4 is 17.1 Å². The molecule has 0 radical (unpaired) electrons. The number of imidazole rings is 1. The van der Waals surface area contributed by atoms with Gasteiger partial charge in [0.1, 0.15) is 23.6 Å². The van der Waals surface area contributed by atoms with Crippen LogP contribution in [0.1, 0.15) is 25.6 Å². The van der Waals surface area contributed by atoms with Gasteiger partial charge in [0, 0.05) is 0 Å². The highest BCUT2D eigenvalue weighted by Gasteiger charge is 2.20. The van der Waals surface area contributed by atoms with E-state index < -0.39 is 5.92 Å². The number of nitrogens with one attached hydrogen (secondary N) is 1. The summed E-state index contributed by atoms with van der Waals surface area (Å²) in [4.78, 5) is 26.6. The summed E-state index contributed by atoms with van der Waals surface area (Å²) in [5.41, 5.74) is 1.27. The summed E-state index contributed by atoms with van der Waals surface area (Å²) in [6.45, 7) is 3.88. The zero-order valence-corrected chi connectivity index (χ0v) is 9.10. The van der Waals surface area contributed by atoms with Crippen LogP contribution in [0, 0.1) is 0 Å². The molecule has 0 amide bonds. The Morgan fingerprint density at radius 1 is 1.62 bits per heavy atom. The van der Waals surface area contributed by atoms with Gasteiger partial charge in [0.25, 0.3) is 0 Å². The van der Waals surface area contributed by atoms with Gasteiger partial charge in [-0.3, -0.25) is 4.79 Å². The monoisotopic (exact) mass is 220 g/mol. The number of fused-ring (bicyclic) bond motifs is 1. The standard InChI is InChI=1S/C10H12N4O2/c1-3-16-10(15)6(2)8-13-7-4-11-5-12-9(7)14-8/h4-6H,3H2,1-2H3,(H,11,12,13,14). The van der Waals surface area contributed by atoms with Gasteiger partial charge in [-0.05, 0) is 13.8 Å². The third-order valence-electron chi connectivity index (χ3n) is 2.23. The fourth-order valence-corrected chi connectivity index (χ4v) is 1.36. The Morgan fingerprint density at radius 2 is 2.44 bits per heavy atom. The van der Waals surface area contributed by atoms with Gasteiger partial charge < -0.3 is 9.72 Å². The number of ether oxygens (including phenoxy) is 1. The Morgan fingerprint density at radius 3 is 3.12 bits per heavy atom. The Kier molecular flexibility index (Phi) is 2.80. The molecule has 2 rings (SSSR count). The molecule has 0 aliphatic rings. The summed E-state index contributed by atoms with van der Waals surface area (Å²) in [5, 5.41) is 0. The molecule has 0 spiro atoms. The number of rotatable bonds is 3. The first-order valence-electron chi connectivity index (χ1n) is 5.04. The number of carbonyl (C=O) groups is 1. The van der Waals surface area contributed by atoms with Crippen LogP contribution in [-0.4, -0.2) is 32.5 Å². The molecule has 6 heteroatoms. The Balaban J connectivity index is 2.29. The van der Waals surface area contributed by atoms with Gasteiger partial charge in [0.2, 0.25) is 0 Å². The van der Waals surface area contributed by atoms with Crippen LogP contribution >= 0.6 is 0 Å². The molecule has 0 fully saturated rings. The molecular formula is C10H12N4O2. The lowest BCUT2D eigenvalue weighted by Gasteiger charge is -2.06. The van der Waals surface area contributed by atoms with Crippen LogP contribution in [-0.2, 0) is 9.53 Å². The third-order valence-corrected chi connectivity index (χ3v) is 2.23. The number of aromatic amines is 1. The van der Waals surface area contributed by atoms with Gasteiger partial charge in [-0.2, -0.15) is 0 Å². The molecule has 1 atom stereocenters. The second-order valence-electron chi connectivity index (χ2n) is 3.36. The van der Waals surface area contributed by atoms with Gasteiger partial charge in [0.15, 0.2) is 5.65 Å². The van der Waals surface area contributed by atoms with E-state index in [1.54, 1.807) is 20.0 Å². The maximum atomic E-state index is 11.5. The molecule has 6 nitrogen and oxygen atoms in total.